The van der Waals surface area contributed by atoms with Crippen molar-refractivity contribution in [3.8, 4) is 0 Å². The number of cyclic esters (lactones) is 1. The average molecular weight is 469 g/mol. The number of epoxide rings is 1. The van der Waals surface area contributed by atoms with Crippen molar-refractivity contribution in [3.05, 3.63) is 23.3 Å². The molecule has 1 N–H and O–H groups in total. The van der Waals surface area contributed by atoms with Gasteiger partial charge in [-0.2, -0.15) is 0 Å². The zero-order valence-corrected chi connectivity index (χ0v) is 20.8. The van der Waals surface area contributed by atoms with Crippen LogP contribution in [0.25, 0.3) is 0 Å². The summed E-state index contributed by atoms with van der Waals surface area (Å²) in [6.07, 6.45) is 5.93. The lowest BCUT2D eigenvalue weighted by Crippen LogP contribution is -2.68. The van der Waals surface area contributed by atoms with Crippen LogP contribution < -0.4 is 0 Å². The number of ketones is 2. The SMILES string of the molecule is CC1=C(C)C(=O)OC([C@@H](C)C2CCC3C4C5OC5C5(O)CC=CC(=O)[C@]5(C)C4CC(=O)[C@@]32C)C1. The van der Waals surface area contributed by atoms with Gasteiger partial charge in [0.1, 0.15) is 23.6 Å². The zero-order chi connectivity index (χ0) is 24.4. The molecule has 34 heavy (non-hydrogen) atoms. The Hall–Kier alpha value is -1.79. The van der Waals surface area contributed by atoms with Crippen molar-refractivity contribution in [2.75, 3.05) is 0 Å². The Morgan fingerprint density at radius 3 is 2.53 bits per heavy atom. The molecule has 2 aliphatic heterocycles. The Balaban J connectivity index is 1.34. The van der Waals surface area contributed by atoms with Crippen molar-refractivity contribution in [3.63, 3.8) is 0 Å². The van der Waals surface area contributed by atoms with Crippen LogP contribution in [0.1, 0.15) is 66.7 Å². The standard InChI is InChI=1S/C28H36O6/c1-13-11-19(33-25(31)14(13)2)15(3)16-8-9-17-22-18(12-21(30)26(16,17)4)27(5)20(29)7-6-10-28(27,32)24-23(22)34-24/h6-7,15-19,22-24,32H,8-12H2,1-5H3/t15-,16?,17?,18?,19?,22?,23?,24?,26+,27-,28?/m0/s1. The van der Waals surface area contributed by atoms with E-state index in [2.05, 4.69) is 13.8 Å². The molecule has 0 radical (unpaired) electrons. The molecule has 6 rings (SSSR count). The van der Waals surface area contributed by atoms with Crippen molar-refractivity contribution in [1.29, 1.82) is 0 Å². The van der Waals surface area contributed by atoms with E-state index >= 15 is 0 Å². The largest absolute Gasteiger partial charge is 0.458 e. The minimum Gasteiger partial charge on any atom is -0.458 e. The highest BCUT2D eigenvalue weighted by Crippen LogP contribution is 2.71. The minimum absolute atomic E-state index is 0.0637. The van der Waals surface area contributed by atoms with Crippen LogP contribution in [0.15, 0.2) is 23.3 Å². The minimum atomic E-state index is -1.23. The molecule has 0 aromatic carbocycles. The topological polar surface area (TPSA) is 93.2 Å². The van der Waals surface area contributed by atoms with Gasteiger partial charge in [0.25, 0.3) is 0 Å². The normalized spacial score (nSPS) is 52.4. The van der Waals surface area contributed by atoms with E-state index in [4.69, 9.17) is 9.47 Å². The summed E-state index contributed by atoms with van der Waals surface area (Å²) in [5.41, 5.74) is -1.00. The highest BCUT2D eigenvalue weighted by Gasteiger charge is 2.78. The summed E-state index contributed by atoms with van der Waals surface area (Å²) in [5, 5.41) is 11.7. The Labute approximate surface area is 201 Å². The fraction of sp³-hybridized carbons (Fsp3) is 0.750. The molecule has 0 aromatic heterocycles. The van der Waals surface area contributed by atoms with Gasteiger partial charge in [-0.05, 0) is 75.7 Å². The molecule has 11 atom stereocenters. The van der Waals surface area contributed by atoms with Crippen LogP contribution in [-0.4, -0.2) is 46.6 Å². The molecule has 3 saturated carbocycles. The second kappa shape index (κ2) is 6.91. The quantitative estimate of drug-likeness (QED) is 0.492. The fourth-order valence-corrected chi connectivity index (χ4v) is 9.04. The Morgan fingerprint density at radius 1 is 1.09 bits per heavy atom. The van der Waals surface area contributed by atoms with E-state index in [0.29, 0.717) is 18.4 Å². The third-order valence-corrected chi connectivity index (χ3v) is 11.4. The highest BCUT2D eigenvalue weighted by molar-refractivity contribution is 5.98. The number of rotatable bonds is 2. The highest BCUT2D eigenvalue weighted by atomic mass is 16.6. The average Bonchev–Trinajstić information content (AvgIpc) is 3.51. The lowest BCUT2D eigenvalue weighted by molar-refractivity contribution is -0.184. The Morgan fingerprint density at radius 2 is 1.82 bits per heavy atom. The van der Waals surface area contributed by atoms with E-state index in [1.807, 2.05) is 20.8 Å². The van der Waals surface area contributed by atoms with Crippen LogP contribution in [-0.2, 0) is 23.9 Å². The molecule has 6 heteroatoms. The van der Waals surface area contributed by atoms with Gasteiger partial charge < -0.3 is 14.6 Å². The summed E-state index contributed by atoms with van der Waals surface area (Å²) >= 11 is 0. The van der Waals surface area contributed by atoms with Gasteiger partial charge in [-0.25, -0.2) is 4.79 Å². The molecular weight excluding hydrogens is 432 g/mol. The first-order valence-electron chi connectivity index (χ1n) is 13.0. The summed E-state index contributed by atoms with van der Waals surface area (Å²) in [6, 6.07) is 0. The monoisotopic (exact) mass is 468 g/mol. The molecule has 2 heterocycles. The maximum atomic E-state index is 14.0. The molecule has 8 unspecified atom stereocenters. The lowest BCUT2D eigenvalue weighted by atomic mass is 9.43. The van der Waals surface area contributed by atoms with Crippen molar-refractivity contribution in [2.24, 2.45) is 40.4 Å². The first-order valence-corrected chi connectivity index (χ1v) is 13.0. The fourth-order valence-electron chi connectivity index (χ4n) is 9.04. The smallest absolute Gasteiger partial charge is 0.333 e. The van der Waals surface area contributed by atoms with Crippen LogP contribution in [0.5, 0.6) is 0 Å². The van der Waals surface area contributed by atoms with Crippen LogP contribution >= 0.6 is 0 Å². The van der Waals surface area contributed by atoms with Crippen LogP contribution in [0, 0.1) is 40.4 Å². The van der Waals surface area contributed by atoms with E-state index in [9.17, 15) is 19.5 Å². The summed E-state index contributed by atoms with van der Waals surface area (Å²) < 4.78 is 12.0. The number of carbonyl (C=O) groups is 3. The van der Waals surface area contributed by atoms with Gasteiger partial charge >= 0.3 is 5.97 Å². The number of carbonyl (C=O) groups excluding carboxylic acids is 3. The molecule has 6 nitrogen and oxygen atoms in total. The van der Waals surface area contributed by atoms with Crippen LogP contribution in [0.2, 0.25) is 0 Å². The van der Waals surface area contributed by atoms with E-state index in [1.54, 1.807) is 12.2 Å². The van der Waals surface area contributed by atoms with Crippen molar-refractivity contribution >= 4 is 17.5 Å². The van der Waals surface area contributed by atoms with E-state index in [1.165, 1.54) is 0 Å². The number of ether oxygens (including phenoxy) is 2. The van der Waals surface area contributed by atoms with Crippen LogP contribution in [0.4, 0.5) is 0 Å². The van der Waals surface area contributed by atoms with Crippen molar-refractivity contribution in [1.82, 2.24) is 0 Å². The summed E-state index contributed by atoms with van der Waals surface area (Å²) in [4.78, 5) is 39.7. The molecule has 4 fully saturated rings. The predicted molar refractivity (Wildman–Crippen MR) is 123 cm³/mol. The third kappa shape index (κ3) is 2.52. The number of esters is 1. The van der Waals surface area contributed by atoms with Crippen LogP contribution in [0.3, 0.4) is 0 Å². The number of aliphatic hydroxyl groups is 1. The molecular formula is C28H36O6. The van der Waals surface area contributed by atoms with Crippen molar-refractivity contribution in [2.45, 2.75) is 90.6 Å². The molecule has 0 bridgehead atoms. The molecule has 0 spiro atoms. The van der Waals surface area contributed by atoms with Gasteiger partial charge in [0, 0.05) is 23.8 Å². The number of hydrogen-bond acceptors (Lipinski definition) is 6. The van der Waals surface area contributed by atoms with Gasteiger partial charge in [-0.15, -0.1) is 0 Å². The number of fused-ring (bicyclic) bond motifs is 8. The number of hydrogen-bond donors (Lipinski definition) is 1. The summed E-state index contributed by atoms with van der Waals surface area (Å²) in [7, 11) is 0. The molecule has 0 amide bonds. The Bertz CT molecular complexity index is 1060. The van der Waals surface area contributed by atoms with E-state index in [0.717, 1.165) is 24.8 Å². The molecule has 1 saturated heterocycles. The molecule has 0 aromatic rings. The predicted octanol–water partition coefficient (Wildman–Crippen LogP) is 3.56. The number of Topliss-reactive ketones (excluding diaryl/α,β-unsaturated/α-hetero) is 1. The lowest BCUT2D eigenvalue weighted by Gasteiger charge is -2.59. The van der Waals surface area contributed by atoms with Gasteiger partial charge in [-0.1, -0.05) is 25.5 Å². The second-order valence-electron chi connectivity index (χ2n) is 12.4. The molecule has 6 aliphatic rings. The summed E-state index contributed by atoms with van der Waals surface area (Å²) in [5.74, 6) is 0.0467. The van der Waals surface area contributed by atoms with Gasteiger partial charge in [0.2, 0.25) is 0 Å². The first kappa shape index (κ1) is 22.7. The van der Waals surface area contributed by atoms with E-state index in [-0.39, 0.29) is 65.4 Å². The van der Waals surface area contributed by atoms with Crippen molar-refractivity contribution < 1.29 is 29.0 Å². The van der Waals surface area contributed by atoms with E-state index < -0.39 is 16.4 Å². The second-order valence-corrected chi connectivity index (χ2v) is 12.4. The molecule has 4 aliphatic carbocycles. The maximum absolute atomic E-state index is 14.0. The van der Waals surface area contributed by atoms with Gasteiger partial charge in [0.15, 0.2) is 5.78 Å². The first-order chi connectivity index (χ1) is 16.0. The zero-order valence-electron chi connectivity index (χ0n) is 20.8. The maximum Gasteiger partial charge on any atom is 0.333 e. The summed E-state index contributed by atoms with van der Waals surface area (Å²) in [6.45, 7) is 9.94. The van der Waals surface area contributed by atoms with Gasteiger partial charge in [-0.3, -0.25) is 9.59 Å². The third-order valence-electron chi connectivity index (χ3n) is 11.4. The molecule has 184 valence electrons. The van der Waals surface area contributed by atoms with Gasteiger partial charge in [0.05, 0.1) is 11.5 Å². The number of allylic oxidation sites excluding steroid dienone is 1. The Kier molecular flexibility index (Phi) is 4.60.